The van der Waals surface area contributed by atoms with Gasteiger partial charge in [0.2, 0.25) is 0 Å². The second-order valence-corrected chi connectivity index (χ2v) is 12.1. The quantitative estimate of drug-likeness (QED) is 0.205. The fraction of sp³-hybridized carbons (Fsp3) is 0.0233. The van der Waals surface area contributed by atoms with E-state index in [1.807, 2.05) is 12.1 Å². The summed E-state index contributed by atoms with van der Waals surface area (Å²) in [5, 5.41) is 2.20. The van der Waals surface area contributed by atoms with Crippen molar-refractivity contribution in [3.63, 3.8) is 0 Å². The fourth-order valence-corrected chi connectivity index (χ4v) is 7.85. The molecule has 0 bridgehead atoms. The Hall–Kier alpha value is -6.06. The molecule has 0 atom stereocenters. The summed E-state index contributed by atoms with van der Waals surface area (Å²) in [6.45, 7) is 0. The molecule has 2 heterocycles. The maximum Gasteiger partial charge on any atom is 0.139 e. The summed E-state index contributed by atoms with van der Waals surface area (Å²) in [7, 11) is 0. The third-order valence-electron chi connectivity index (χ3n) is 9.71. The number of ether oxygens (including phenoxy) is 1. The smallest absolute Gasteiger partial charge is 0.139 e. The van der Waals surface area contributed by atoms with Crippen molar-refractivity contribution < 1.29 is 9.15 Å². The van der Waals surface area contributed by atoms with Gasteiger partial charge >= 0.3 is 0 Å². The van der Waals surface area contributed by atoms with E-state index in [9.17, 15) is 0 Å². The van der Waals surface area contributed by atoms with E-state index in [2.05, 4.69) is 157 Å². The van der Waals surface area contributed by atoms with Gasteiger partial charge in [-0.05, 0) is 64.7 Å². The first kappa shape index (κ1) is 25.3. The number of hydrogen-bond donors (Lipinski definition) is 0. The maximum absolute atomic E-state index is 6.97. The zero-order chi connectivity index (χ0) is 30.2. The highest BCUT2D eigenvalue weighted by atomic mass is 16.5. The van der Waals surface area contributed by atoms with Crippen LogP contribution >= 0.6 is 0 Å². The normalized spacial score (nSPS) is 13.6. The van der Waals surface area contributed by atoms with Crippen LogP contribution in [-0.2, 0) is 5.41 Å². The third-order valence-corrected chi connectivity index (χ3v) is 9.71. The first-order chi connectivity index (χ1) is 22.8. The Balaban J connectivity index is 1.29. The molecule has 0 saturated heterocycles. The number of anilines is 3. The van der Waals surface area contributed by atoms with Gasteiger partial charge in [0.25, 0.3) is 0 Å². The average molecular weight is 590 g/mol. The Morgan fingerprint density at radius 1 is 0.391 bits per heavy atom. The molecule has 1 aromatic heterocycles. The highest BCUT2D eigenvalue weighted by Crippen LogP contribution is 2.63. The Bertz CT molecular complexity index is 2370. The second-order valence-electron chi connectivity index (χ2n) is 12.1. The van der Waals surface area contributed by atoms with Crippen LogP contribution in [0.5, 0.6) is 11.5 Å². The fourth-order valence-electron chi connectivity index (χ4n) is 7.85. The van der Waals surface area contributed by atoms with Gasteiger partial charge in [-0.2, -0.15) is 0 Å². The van der Waals surface area contributed by atoms with Gasteiger partial charge in [0, 0.05) is 51.1 Å². The molecule has 1 spiro atoms. The summed E-state index contributed by atoms with van der Waals surface area (Å²) >= 11 is 0. The number of fused-ring (bicyclic) bond motifs is 12. The standard InChI is InChI=1S/C43H27NO2/c1-3-13-28(14-4-1)44(29-15-5-2-6-16-29)30-23-24-37-41(25-30)46-42-27-40-34(33-19-9-12-22-39(33)45-40)26-38(42)43(37)35-20-10-7-17-31(35)32-18-8-11-21-36(32)43/h1-27H. The molecule has 1 aliphatic carbocycles. The third kappa shape index (κ3) is 3.37. The van der Waals surface area contributed by atoms with Gasteiger partial charge in [-0.25, -0.2) is 0 Å². The van der Waals surface area contributed by atoms with E-state index in [0.717, 1.165) is 61.6 Å². The molecule has 0 radical (unpaired) electrons. The van der Waals surface area contributed by atoms with E-state index in [0.29, 0.717) is 0 Å². The SMILES string of the molecule is c1ccc(N(c2ccccc2)c2ccc3c(c2)Oc2cc4oc5ccccc5c4cc2C32c3ccccc3-c3ccccc32)cc1. The predicted molar refractivity (Wildman–Crippen MR) is 186 cm³/mol. The molecule has 8 aromatic rings. The monoisotopic (exact) mass is 589 g/mol. The van der Waals surface area contributed by atoms with Gasteiger partial charge in [-0.15, -0.1) is 0 Å². The van der Waals surface area contributed by atoms with E-state index in [1.165, 1.54) is 22.3 Å². The van der Waals surface area contributed by atoms with E-state index in [4.69, 9.17) is 9.15 Å². The zero-order valence-electron chi connectivity index (χ0n) is 24.9. The summed E-state index contributed by atoms with van der Waals surface area (Å²) in [5.74, 6) is 1.65. The molecular formula is C43H27NO2. The van der Waals surface area contributed by atoms with Gasteiger partial charge in [0.05, 0.1) is 5.41 Å². The number of benzene rings is 7. The van der Waals surface area contributed by atoms with E-state index >= 15 is 0 Å². The predicted octanol–water partition coefficient (Wildman–Crippen LogP) is 11.5. The van der Waals surface area contributed by atoms with Crippen molar-refractivity contribution >= 4 is 39.0 Å². The Morgan fingerprint density at radius 3 is 1.67 bits per heavy atom. The summed E-state index contributed by atoms with van der Waals surface area (Å²) in [6, 6.07) is 58.1. The van der Waals surface area contributed by atoms with Crippen LogP contribution in [0.15, 0.2) is 168 Å². The molecule has 3 heteroatoms. The summed E-state index contributed by atoms with van der Waals surface area (Å²) in [6.07, 6.45) is 0. The van der Waals surface area contributed by atoms with Gasteiger partial charge in [0.15, 0.2) is 0 Å². The zero-order valence-corrected chi connectivity index (χ0v) is 24.9. The maximum atomic E-state index is 6.97. The summed E-state index contributed by atoms with van der Waals surface area (Å²) < 4.78 is 13.4. The second kappa shape index (κ2) is 9.47. The lowest BCUT2D eigenvalue weighted by Crippen LogP contribution is -2.32. The number of nitrogens with zero attached hydrogens (tertiary/aromatic N) is 1. The minimum atomic E-state index is -0.564. The van der Waals surface area contributed by atoms with Crippen LogP contribution in [0, 0.1) is 0 Å². The number of rotatable bonds is 3. The number of furan rings is 1. The molecule has 0 saturated carbocycles. The Kier molecular flexibility index (Phi) is 5.20. The lowest BCUT2D eigenvalue weighted by molar-refractivity contribution is 0.436. The summed E-state index contributed by atoms with van der Waals surface area (Å²) in [5.41, 5.74) is 11.6. The van der Waals surface area contributed by atoms with Crippen molar-refractivity contribution in [3.05, 3.63) is 186 Å². The van der Waals surface area contributed by atoms with Gasteiger partial charge in [0.1, 0.15) is 22.7 Å². The molecular weight excluding hydrogens is 562 g/mol. The van der Waals surface area contributed by atoms with Crippen molar-refractivity contribution in [1.29, 1.82) is 0 Å². The van der Waals surface area contributed by atoms with Gasteiger partial charge in [-0.1, -0.05) is 109 Å². The molecule has 0 amide bonds. The molecule has 1 aliphatic heterocycles. The van der Waals surface area contributed by atoms with Crippen molar-refractivity contribution in [1.82, 2.24) is 0 Å². The molecule has 46 heavy (non-hydrogen) atoms. The highest BCUT2D eigenvalue weighted by molar-refractivity contribution is 6.06. The Labute approximate surface area is 266 Å². The topological polar surface area (TPSA) is 25.6 Å². The number of para-hydroxylation sites is 3. The van der Waals surface area contributed by atoms with Gasteiger partial charge < -0.3 is 14.1 Å². The van der Waals surface area contributed by atoms with E-state index in [1.54, 1.807) is 0 Å². The minimum absolute atomic E-state index is 0.564. The van der Waals surface area contributed by atoms with Crippen LogP contribution < -0.4 is 9.64 Å². The van der Waals surface area contributed by atoms with E-state index in [-0.39, 0.29) is 0 Å². The molecule has 0 unspecified atom stereocenters. The highest BCUT2D eigenvalue weighted by Gasteiger charge is 2.51. The van der Waals surface area contributed by atoms with Crippen molar-refractivity contribution in [2.24, 2.45) is 0 Å². The van der Waals surface area contributed by atoms with Gasteiger partial charge in [-0.3, -0.25) is 0 Å². The van der Waals surface area contributed by atoms with Crippen LogP contribution in [0.25, 0.3) is 33.1 Å². The van der Waals surface area contributed by atoms with E-state index < -0.39 is 5.41 Å². The first-order valence-electron chi connectivity index (χ1n) is 15.7. The van der Waals surface area contributed by atoms with Crippen LogP contribution in [0.4, 0.5) is 17.1 Å². The molecule has 3 nitrogen and oxygen atoms in total. The molecule has 0 N–H and O–H groups in total. The van der Waals surface area contributed by atoms with Crippen molar-refractivity contribution in [2.75, 3.05) is 4.90 Å². The van der Waals surface area contributed by atoms with Crippen LogP contribution in [0.3, 0.4) is 0 Å². The van der Waals surface area contributed by atoms with Crippen LogP contribution in [0.2, 0.25) is 0 Å². The molecule has 2 aliphatic rings. The molecule has 7 aromatic carbocycles. The Morgan fingerprint density at radius 2 is 0.978 bits per heavy atom. The minimum Gasteiger partial charge on any atom is -0.456 e. The van der Waals surface area contributed by atoms with Crippen LogP contribution in [0.1, 0.15) is 22.3 Å². The molecule has 10 rings (SSSR count). The van der Waals surface area contributed by atoms with Crippen LogP contribution in [-0.4, -0.2) is 0 Å². The summed E-state index contributed by atoms with van der Waals surface area (Å²) in [4.78, 5) is 2.28. The largest absolute Gasteiger partial charge is 0.456 e. The number of hydrogen-bond acceptors (Lipinski definition) is 3. The molecule has 0 fully saturated rings. The van der Waals surface area contributed by atoms with Crippen molar-refractivity contribution in [3.8, 4) is 22.6 Å². The molecule has 216 valence electrons. The lowest BCUT2D eigenvalue weighted by atomic mass is 9.66. The lowest BCUT2D eigenvalue weighted by Gasteiger charge is -2.40. The first-order valence-corrected chi connectivity index (χ1v) is 15.7. The van der Waals surface area contributed by atoms with Crippen molar-refractivity contribution in [2.45, 2.75) is 5.41 Å². The average Bonchev–Trinajstić information content (AvgIpc) is 3.62.